The number of benzene rings is 3. The summed E-state index contributed by atoms with van der Waals surface area (Å²) < 4.78 is 37.7. The van der Waals surface area contributed by atoms with Crippen molar-refractivity contribution in [3.05, 3.63) is 88.9 Å². The van der Waals surface area contributed by atoms with Crippen LogP contribution in [0.1, 0.15) is 15.9 Å². The molecule has 0 aromatic heterocycles. The van der Waals surface area contributed by atoms with Gasteiger partial charge in [-0.1, -0.05) is 41.9 Å². The van der Waals surface area contributed by atoms with Gasteiger partial charge in [0.15, 0.2) is 0 Å². The number of nitrogens with zero attached hydrogens (tertiary/aromatic N) is 2. The summed E-state index contributed by atoms with van der Waals surface area (Å²) in [5.41, 5.74) is 3.38. The van der Waals surface area contributed by atoms with Gasteiger partial charge in [0, 0.05) is 5.02 Å². The molecule has 3 aromatic carbocycles. The maximum atomic E-state index is 13.4. The third-order valence-electron chi connectivity index (χ3n) is 4.76. The molecule has 9 nitrogen and oxygen atoms in total. The highest BCUT2D eigenvalue weighted by molar-refractivity contribution is 7.92. The van der Waals surface area contributed by atoms with Crippen LogP contribution < -0.4 is 14.5 Å². The number of carbonyl (C=O) groups is 2. The van der Waals surface area contributed by atoms with E-state index in [0.29, 0.717) is 11.1 Å². The van der Waals surface area contributed by atoms with Crippen molar-refractivity contribution in [2.45, 2.75) is 4.90 Å². The molecule has 0 spiro atoms. The zero-order valence-electron chi connectivity index (χ0n) is 18.8. The molecule has 0 aliphatic carbocycles. The van der Waals surface area contributed by atoms with Gasteiger partial charge in [-0.3, -0.25) is 9.10 Å². The fourth-order valence-corrected chi connectivity index (χ4v) is 4.66. The number of hydrogen-bond donors (Lipinski definition) is 1. The molecule has 0 saturated heterocycles. The smallest absolute Gasteiger partial charge is 0.337 e. The number of ether oxygens (including phenoxy) is 2. The van der Waals surface area contributed by atoms with Crippen molar-refractivity contribution in [2.75, 3.05) is 25.1 Å². The monoisotopic (exact) mass is 515 g/mol. The lowest BCUT2D eigenvalue weighted by atomic mass is 10.1. The Morgan fingerprint density at radius 1 is 1.03 bits per heavy atom. The van der Waals surface area contributed by atoms with Gasteiger partial charge >= 0.3 is 5.97 Å². The molecule has 1 N–H and O–H groups in total. The van der Waals surface area contributed by atoms with Crippen LogP contribution in [0.5, 0.6) is 5.75 Å². The predicted octanol–water partition coefficient (Wildman–Crippen LogP) is 3.48. The van der Waals surface area contributed by atoms with Crippen LogP contribution >= 0.6 is 11.6 Å². The van der Waals surface area contributed by atoms with Gasteiger partial charge in [0.25, 0.3) is 15.9 Å². The van der Waals surface area contributed by atoms with Gasteiger partial charge in [0.05, 0.1) is 36.6 Å². The highest BCUT2D eigenvalue weighted by Gasteiger charge is 2.29. The first-order valence-corrected chi connectivity index (χ1v) is 12.0. The molecule has 11 heteroatoms. The molecule has 0 aliphatic rings. The summed E-state index contributed by atoms with van der Waals surface area (Å²) in [6, 6.07) is 18.5. The summed E-state index contributed by atoms with van der Waals surface area (Å²) in [4.78, 5) is 24.2. The zero-order chi connectivity index (χ0) is 25.4. The van der Waals surface area contributed by atoms with E-state index < -0.39 is 28.4 Å². The second kappa shape index (κ2) is 11.5. The van der Waals surface area contributed by atoms with E-state index in [-0.39, 0.29) is 21.4 Å². The molecule has 0 fully saturated rings. The Hall–Kier alpha value is -3.89. The first-order valence-electron chi connectivity index (χ1n) is 10.2. The third-order valence-corrected chi connectivity index (χ3v) is 6.77. The van der Waals surface area contributed by atoms with Crippen LogP contribution in [-0.4, -0.2) is 47.3 Å². The second-order valence-electron chi connectivity index (χ2n) is 7.05. The van der Waals surface area contributed by atoms with Crippen LogP contribution in [0.2, 0.25) is 5.02 Å². The molecule has 182 valence electrons. The van der Waals surface area contributed by atoms with E-state index in [9.17, 15) is 18.0 Å². The third kappa shape index (κ3) is 6.37. The predicted molar refractivity (Wildman–Crippen MR) is 132 cm³/mol. The Morgan fingerprint density at radius 3 is 2.34 bits per heavy atom. The average molecular weight is 516 g/mol. The second-order valence-corrected chi connectivity index (χ2v) is 9.35. The SMILES string of the molecule is COC(=O)c1ccc(/C=N\NC(=O)CN(c2cc(Cl)ccc2OC)S(=O)(=O)c2ccccc2)cc1. The van der Waals surface area contributed by atoms with Crippen LogP contribution in [0.4, 0.5) is 5.69 Å². The van der Waals surface area contributed by atoms with Crippen molar-refractivity contribution in [1.29, 1.82) is 0 Å². The summed E-state index contributed by atoms with van der Waals surface area (Å²) in [5, 5.41) is 4.14. The van der Waals surface area contributed by atoms with E-state index in [1.54, 1.807) is 48.5 Å². The minimum absolute atomic E-state index is 0.0102. The Kier molecular flexibility index (Phi) is 8.45. The van der Waals surface area contributed by atoms with E-state index in [1.165, 1.54) is 44.7 Å². The Labute approximate surface area is 208 Å². The Bertz CT molecular complexity index is 1330. The number of nitrogens with one attached hydrogen (secondary N) is 1. The zero-order valence-corrected chi connectivity index (χ0v) is 20.4. The fraction of sp³-hybridized carbons (Fsp3) is 0.125. The van der Waals surface area contributed by atoms with Gasteiger partial charge < -0.3 is 9.47 Å². The minimum Gasteiger partial charge on any atom is -0.495 e. The van der Waals surface area contributed by atoms with Crippen LogP contribution in [-0.2, 0) is 19.6 Å². The van der Waals surface area contributed by atoms with Crippen molar-refractivity contribution in [1.82, 2.24) is 5.43 Å². The number of amides is 1. The quantitative estimate of drug-likeness (QED) is 0.265. The number of hydrazone groups is 1. The standard InChI is InChI=1S/C24H22ClN3O6S/c1-33-22-13-12-19(25)14-21(22)28(35(31,32)20-6-4-3-5-7-20)16-23(29)27-26-15-17-8-10-18(11-9-17)24(30)34-2/h3-15H,16H2,1-2H3,(H,27,29)/b26-15-. The molecule has 3 aromatic rings. The van der Waals surface area contributed by atoms with Crippen molar-refractivity contribution >= 4 is 45.4 Å². The fourth-order valence-electron chi connectivity index (χ4n) is 3.05. The molecule has 0 aliphatic heterocycles. The molecule has 0 atom stereocenters. The lowest BCUT2D eigenvalue weighted by Gasteiger charge is -2.25. The number of hydrogen-bond acceptors (Lipinski definition) is 7. The highest BCUT2D eigenvalue weighted by Crippen LogP contribution is 2.34. The number of methoxy groups -OCH3 is 2. The van der Waals surface area contributed by atoms with Crippen LogP contribution in [0, 0.1) is 0 Å². The summed E-state index contributed by atoms with van der Waals surface area (Å²) in [6.45, 7) is -0.591. The maximum Gasteiger partial charge on any atom is 0.337 e. The lowest BCUT2D eigenvalue weighted by Crippen LogP contribution is -2.39. The first-order chi connectivity index (χ1) is 16.8. The summed E-state index contributed by atoms with van der Waals surface area (Å²) in [5.74, 6) is -0.956. The Morgan fingerprint density at radius 2 is 1.71 bits per heavy atom. The molecule has 1 amide bonds. The van der Waals surface area contributed by atoms with Gasteiger partial charge in [-0.2, -0.15) is 5.10 Å². The van der Waals surface area contributed by atoms with Crippen molar-refractivity contribution in [3.8, 4) is 5.75 Å². The van der Waals surface area contributed by atoms with Crippen molar-refractivity contribution < 1.29 is 27.5 Å². The molecule has 0 unspecified atom stereocenters. The van der Waals surface area contributed by atoms with E-state index in [0.717, 1.165) is 4.31 Å². The molecule has 35 heavy (non-hydrogen) atoms. The number of halogens is 1. The van der Waals surface area contributed by atoms with Crippen LogP contribution in [0.3, 0.4) is 0 Å². The molecule has 0 heterocycles. The number of esters is 1. The normalized spacial score (nSPS) is 11.2. The number of anilines is 1. The maximum absolute atomic E-state index is 13.4. The van der Waals surface area contributed by atoms with Crippen molar-refractivity contribution in [2.24, 2.45) is 5.10 Å². The van der Waals surface area contributed by atoms with E-state index in [4.69, 9.17) is 16.3 Å². The van der Waals surface area contributed by atoms with Gasteiger partial charge in [0.1, 0.15) is 12.3 Å². The number of rotatable bonds is 9. The van der Waals surface area contributed by atoms with Gasteiger partial charge in [0.2, 0.25) is 0 Å². The summed E-state index contributed by atoms with van der Waals surface area (Å²) in [6.07, 6.45) is 1.36. The lowest BCUT2D eigenvalue weighted by molar-refractivity contribution is -0.119. The van der Waals surface area contributed by atoms with E-state index in [1.807, 2.05) is 0 Å². The molecular weight excluding hydrogens is 494 g/mol. The van der Waals surface area contributed by atoms with E-state index >= 15 is 0 Å². The summed E-state index contributed by atoms with van der Waals surface area (Å²) >= 11 is 6.11. The molecule has 0 radical (unpaired) electrons. The van der Waals surface area contributed by atoms with E-state index in [2.05, 4.69) is 15.3 Å². The highest BCUT2D eigenvalue weighted by atomic mass is 35.5. The van der Waals surface area contributed by atoms with Crippen LogP contribution in [0.25, 0.3) is 0 Å². The minimum atomic E-state index is -4.15. The van der Waals surface area contributed by atoms with Gasteiger partial charge in [-0.25, -0.2) is 18.6 Å². The van der Waals surface area contributed by atoms with Crippen LogP contribution in [0.15, 0.2) is 82.8 Å². The molecule has 3 rings (SSSR count). The Balaban J connectivity index is 1.84. The molecule has 0 saturated carbocycles. The average Bonchev–Trinajstić information content (AvgIpc) is 2.87. The van der Waals surface area contributed by atoms with Gasteiger partial charge in [-0.05, 0) is 48.0 Å². The number of sulfonamides is 1. The molecule has 0 bridgehead atoms. The van der Waals surface area contributed by atoms with Gasteiger partial charge in [-0.15, -0.1) is 0 Å². The largest absolute Gasteiger partial charge is 0.495 e. The number of carbonyl (C=O) groups excluding carboxylic acids is 2. The first kappa shape index (κ1) is 25.7. The molecular formula is C24H22ClN3O6S. The topological polar surface area (TPSA) is 114 Å². The summed E-state index contributed by atoms with van der Waals surface area (Å²) in [7, 11) is -1.48. The van der Waals surface area contributed by atoms with Crippen molar-refractivity contribution in [3.63, 3.8) is 0 Å².